The van der Waals surface area contributed by atoms with Gasteiger partial charge in [0, 0.05) is 0 Å². The summed E-state index contributed by atoms with van der Waals surface area (Å²) in [7, 11) is 5.09. The van der Waals surface area contributed by atoms with Gasteiger partial charge in [-0.1, -0.05) is 0 Å². The summed E-state index contributed by atoms with van der Waals surface area (Å²) in [4.78, 5) is 28.6. The molecule has 13 heteroatoms. The Morgan fingerprint density at radius 1 is 1.00 bits per heavy atom. The summed E-state index contributed by atoms with van der Waals surface area (Å²) in [6.07, 6.45) is 1.42. The number of nitrogens with one attached hydrogen (secondary N) is 2. The number of halogens is 3. The van der Waals surface area contributed by atoms with Crippen molar-refractivity contribution in [3.63, 3.8) is 0 Å². The molecule has 2 aromatic carbocycles. The Morgan fingerprint density at radius 3 is 2.21 bits per heavy atom. The number of urea groups is 1. The molecule has 3 aromatic rings. The van der Waals surface area contributed by atoms with Crippen molar-refractivity contribution in [1.82, 2.24) is 14.9 Å². The van der Waals surface area contributed by atoms with E-state index in [0.717, 1.165) is 31.9 Å². The van der Waals surface area contributed by atoms with Gasteiger partial charge in [0.1, 0.15) is 0 Å². The molecule has 0 atom stereocenters. The molecule has 1 aromatic heterocycles. The van der Waals surface area contributed by atoms with Gasteiger partial charge in [-0.15, -0.1) is 0 Å². The first-order valence-electron chi connectivity index (χ1n) is 11.7. The molecule has 1 aliphatic rings. The Kier molecular flexibility index (Phi) is 9.58. The van der Waals surface area contributed by atoms with Gasteiger partial charge in [0.2, 0.25) is 0 Å². The predicted octanol–water partition coefficient (Wildman–Crippen LogP) is 1.97. The first-order valence-corrected chi connectivity index (χ1v) is 15.6. The summed E-state index contributed by atoms with van der Waals surface area (Å²) in [5.74, 6) is 1.67. The number of benzene rings is 2. The second-order valence-corrected chi connectivity index (χ2v) is 11.1. The van der Waals surface area contributed by atoms with Crippen molar-refractivity contribution in [3.8, 4) is 11.5 Å². The number of likely N-dealkylation sites (N-methyl/N-ethyl adjacent to an activating group) is 1. The number of aromatic nitrogens is 2. The first kappa shape index (κ1) is 28.3. The topological polar surface area (TPSA) is 95.1 Å². The monoisotopic (exact) mass is 672 g/mol. The number of nitrogens with zero attached hydrogens (tertiary/aromatic N) is 5. The van der Waals surface area contributed by atoms with E-state index in [1.165, 1.54) is 26.2 Å². The molecular formula is C25H29Cl2IN7O3-. The second-order valence-electron chi connectivity index (χ2n) is 8.39. The minimum absolute atomic E-state index is 0.172. The molecule has 1 saturated heterocycles. The molecule has 0 spiro atoms. The van der Waals surface area contributed by atoms with Gasteiger partial charge < -0.3 is 4.90 Å². The van der Waals surface area contributed by atoms with Crippen LogP contribution in [0.1, 0.15) is 0 Å². The van der Waals surface area contributed by atoms with Gasteiger partial charge in [0.15, 0.2) is 0 Å². The van der Waals surface area contributed by atoms with Crippen molar-refractivity contribution in [3.05, 3.63) is 52.8 Å². The molecule has 1 fully saturated rings. The summed E-state index contributed by atoms with van der Waals surface area (Å²) in [6.45, 7) is 4.13. The maximum atomic E-state index is 13.3. The predicted molar refractivity (Wildman–Crippen MR) is 148 cm³/mol. The van der Waals surface area contributed by atoms with E-state index < -0.39 is 27.5 Å². The zero-order chi connectivity index (χ0) is 27.2. The van der Waals surface area contributed by atoms with Crippen LogP contribution in [0.3, 0.4) is 0 Å². The van der Waals surface area contributed by atoms with Crippen LogP contribution in [0.5, 0.6) is 11.5 Å². The Hall–Kier alpha value is -2.74. The van der Waals surface area contributed by atoms with E-state index in [2.05, 4.69) is 49.6 Å². The van der Waals surface area contributed by atoms with Crippen molar-refractivity contribution in [2.75, 3.05) is 71.0 Å². The van der Waals surface area contributed by atoms with Crippen molar-refractivity contribution >= 4 is 57.9 Å². The standard InChI is InChI=1S/C25H29Cl2IN7O3/c1-28-35(25(36)32-24-22(26)18(37-3)13-19(38-4)23(24)27)21-14-20(29-15-30-21)31-16-5-7-17(8-6-16)34-11-9-33(2)10-12-34/h5-8,13-15H,9-12H2,1-4H3,(H,32,36)(H,29,30,31)/q-1. The fraction of sp³-hybridized carbons (Fsp3) is 0.320. The van der Waals surface area contributed by atoms with Crippen LogP contribution >= 0.6 is 23.2 Å². The molecule has 0 aliphatic carbocycles. The van der Waals surface area contributed by atoms with Gasteiger partial charge in [-0.3, -0.25) is 0 Å². The SMILES string of the molecule is COc1cc(OC)c(Cl)c(NC(=O)N([I-]C)c2cc(Nc3ccc(N4CCN(C)CC4)cc3)ncn2)c1Cl. The quantitative estimate of drug-likeness (QED) is 0.213. The van der Waals surface area contributed by atoms with Crippen molar-refractivity contribution in [2.24, 2.45) is 0 Å². The molecule has 4 rings (SSSR count). The summed E-state index contributed by atoms with van der Waals surface area (Å²) in [5.41, 5.74) is 2.28. The third kappa shape index (κ3) is 6.45. The summed E-state index contributed by atoms with van der Waals surface area (Å²) < 4.78 is 12.1. The summed E-state index contributed by atoms with van der Waals surface area (Å²) >= 11 is 12.1. The first-order chi connectivity index (χ1) is 18.3. The number of carbonyl (C=O) groups excluding carboxylic acids is 1. The number of ether oxygens (including phenoxy) is 2. The molecule has 204 valence electrons. The number of carbonyl (C=O) groups is 1. The van der Waals surface area contributed by atoms with E-state index in [-0.39, 0.29) is 15.7 Å². The van der Waals surface area contributed by atoms with Gasteiger partial charge in [-0.25, -0.2) is 0 Å². The van der Waals surface area contributed by atoms with Gasteiger partial charge in [-0.2, -0.15) is 0 Å². The van der Waals surface area contributed by atoms with Crippen molar-refractivity contribution in [2.45, 2.75) is 0 Å². The third-order valence-corrected chi connectivity index (χ3v) is 8.66. The molecule has 2 heterocycles. The van der Waals surface area contributed by atoms with Crippen LogP contribution < -0.4 is 49.6 Å². The zero-order valence-corrected chi connectivity index (χ0v) is 25.1. The number of hydrogen-bond acceptors (Lipinski definition) is 8. The second kappa shape index (κ2) is 12.9. The van der Waals surface area contributed by atoms with E-state index in [4.69, 9.17) is 32.7 Å². The fourth-order valence-corrected chi connectivity index (χ4v) is 5.82. The van der Waals surface area contributed by atoms with Gasteiger partial charge in [-0.05, 0) is 7.05 Å². The van der Waals surface area contributed by atoms with Crippen LogP contribution in [-0.4, -0.2) is 73.3 Å². The van der Waals surface area contributed by atoms with Gasteiger partial charge >= 0.3 is 232 Å². The van der Waals surface area contributed by atoms with Crippen LogP contribution in [0.2, 0.25) is 10.0 Å². The van der Waals surface area contributed by atoms with Crippen LogP contribution in [0.15, 0.2) is 42.7 Å². The van der Waals surface area contributed by atoms with Gasteiger partial charge in [0.25, 0.3) is 0 Å². The number of hydrogen-bond donors (Lipinski definition) is 2. The number of anilines is 5. The Labute approximate surface area is 242 Å². The normalized spacial score (nSPS) is 13.8. The number of alkyl halides is 1. The van der Waals surface area contributed by atoms with Crippen LogP contribution in [0.4, 0.5) is 33.5 Å². The number of methoxy groups -OCH3 is 2. The Balaban J connectivity index is 1.49. The summed E-state index contributed by atoms with van der Waals surface area (Å²) in [6, 6.07) is 11.1. The molecule has 0 bridgehead atoms. The van der Waals surface area contributed by atoms with Gasteiger partial charge in [0.05, 0.1) is 0 Å². The molecular weight excluding hydrogens is 644 g/mol. The number of amides is 2. The molecule has 0 radical (unpaired) electrons. The third-order valence-electron chi connectivity index (χ3n) is 6.01. The maximum absolute atomic E-state index is 13.3. The van der Waals surface area contributed by atoms with Crippen LogP contribution in [0, 0.1) is 0 Å². The minimum atomic E-state index is -0.762. The molecule has 2 amide bonds. The van der Waals surface area contributed by atoms with Crippen molar-refractivity contribution < 1.29 is 35.7 Å². The van der Waals surface area contributed by atoms with Crippen LogP contribution in [-0.2, 0) is 0 Å². The summed E-state index contributed by atoms with van der Waals surface area (Å²) in [5, 5.41) is 6.43. The zero-order valence-electron chi connectivity index (χ0n) is 21.5. The van der Waals surface area contributed by atoms with Crippen LogP contribution in [0.25, 0.3) is 0 Å². The number of piperazine rings is 1. The average Bonchev–Trinajstić information content (AvgIpc) is 2.93. The average molecular weight is 673 g/mol. The van der Waals surface area contributed by atoms with E-state index in [9.17, 15) is 4.79 Å². The molecule has 38 heavy (non-hydrogen) atoms. The molecule has 2 N–H and O–H groups in total. The van der Waals surface area contributed by atoms with Crippen molar-refractivity contribution in [1.29, 1.82) is 0 Å². The molecule has 0 saturated carbocycles. The Morgan fingerprint density at radius 2 is 1.63 bits per heavy atom. The molecule has 10 nitrogen and oxygen atoms in total. The van der Waals surface area contributed by atoms with E-state index in [0.29, 0.717) is 23.1 Å². The molecule has 1 aliphatic heterocycles. The molecule has 0 unspecified atom stereocenters. The number of rotatable bonds is 8. The van der Waals surface area contributed by atoms with E-state index >= 15 is 0 Å². The van der Waals surface area contributed by atoms with E-state index in [1.807, 2.05) is 17.1 Å². The van der Waals surface area contributed by atoms with E-state index in [1.54, 1.807) is 15.2 Å². The Bertz CT molecular complexity index is 1250. The fourth-order valence-electron chi connectivity index (χ4n) is 3.91.